The molecule has 16 nitrogen and oxygen atoms in total. The third-order valence-electron chi connectivity index (χ3n) is 12.3. The van der Waals surface area contributed by atoms with Crippen LogP contribution in [0.2, 0.25) is 10.0 Å². The van der Waals surface area contributed by atoms with Crippen LogP contribution in [0.1, 0.15) is 35.4 Å². The average molecular weight is 856 g/mol. The van der Waals surface area contributed by atoms with Gasteiger partial charge < -0.3 is 14.7 Å². The Kier molecular flexibility index (Phi) is 9.82. The minimum Gasteiger partial charge on any atom is -0.507 e. The van der Waals surface area contributed by atoms with Crippen molar-refractivity contribution in [2.45, 2.75) is 31.1 Å². The standard InChI is InChI=1S/C42H36Cl2N6O10/c1-20-6-5-7-27(37(20)51)35-25-13-14-26-34(40(54)47(38(26)52)23-17-32(49(56)57)36(46(2)3)33(18-23)50(58)59)28(25)19-29-39(53)48(45-31-15-10-22(43)16-30(31)44)41(55)42(29,35)21-8-11-24(60-4)12-9-21/h5-13,15-18,26,28-29,34-35,45,51H,14,19H2,1-4H3. The largest absolute Gasteiger partial charge is 0.507 e. The molecule has 2 N–H and O–H groups in total. The third kappa shape index (κ3) is 5.87. The Morgan fingerprint density at radius 2 is 1.57 bits per heavy atom. The monoisotopic (exact) mass is 854 g/mol. The number of fused-ring (bicyclic) bond motifs is 4. The molecule has 6 atom stereocenters. The number of anilines is 3. The van der Waals surface area contributed by atoms with Crippen LogP contribution < -0.4 is 20.0 Å². The number of hydrogen-bond donors (Lipinski definition) is 2. The van der Waals surface area contributed by atoms with Crippen molar-refractivity contribution in [2.24, 2.45) is 23.7 Å². The molecule has 4 amide bonds. The number of hydrogen-bond acceptors (Lipinski definition) is 12. The first kappa shape index (κ1) is 40.3. The predicted octanol–water partition coefficient (Wildman–Crippen LogP) is 7.09. The molecule has 8 rings (SSSR count). The summed E-state index contributed by atoms with van der Waals surface area (Å²) in [5.74, 6) is -7.84. The fourth-order valence-electron chi connectivity index (χ4n) is 9.81. The van der Waals surface area contributed by atoms with Crippen LogP contribution in [0.15, 0.2) is 84.4 Å². The van der Waals surface area contributed by atoms with Gasteiger partial charge in [-0.15, -0.1) is 0 Å². The van der Waals surface area contributed by atoms with Gasteiger partial charge in [-0.3, -0.25) is 44.8 Å². The van der Waals surface area contributed by atoms with E-state index in [9.17, 15) is 34.9 Å². The fraction of sp³-hybridized carbons (Fsp3) is 0.286. The molecule has 2 heterocycles. The number of carbonyl (C=O) groups excluding carboxylic acids is 4. The maximum atomic E-state index is 15.5. The highest BCUT2D eigenvalue weighted by molar-refractivity contribution is 6.36. The van der Waals surface area contributed by atoms with Gasteiger partial charge in [0.25, 0.3) is 11.8 Å². The number of para-hydroxylation sites is 1. The zero-order valence-electron chi connectivity index (χ0n) is 32.4. The van der Waals surface area contributed by atoms with Gasteiger partial charge in [0.2, 0.25) is 11.8 Å². The van der Waals surface area contributed by atoms with Crippen molar-refractivity contribution in [2.75, 3.05) is 36.4 Å². The smallest absolute Gasteiger partial charge is 0.301 e. The van der Waals surface area contributed by atoms with Crippen molar-refractivity contribution in [1.82, 2.24) is 5.01 Å². The summed E-state index contributed by atoms with van der Waals surface area (Å²) in [6.07, 6.45) is 1.64. The minimum atomic E-state index is -1.75. The van der Waals surface area contributed by atoms with Crippen LogP contribution >= 0.6 is 23.2 Å². The number of carbonyl (C=O) groups is 4. The molecule has 3 fully saturated rings. The second-order valence-electron chi connectivity index (χ2n) is 15.5. The van der Waals surface area contributed by atoms with Gasteiger partial charge in [0, 0.05) is 42.7 Å². The van der Waals surface area contributed by atoms with Crippen molar-refractivity contribution < 1.29 is 38.9 Å². The SMILES string of the molecule is COc1ccc(C23C(=O)N(Nc4ccc(Cl)cc4Cl)C(=O)C2CC2C(=CCC4C(=O)N(c5cc([N+](=O)[O-])c(N(C)C)c([N+](=O)[O-])c5)C(=O)C42)C3c2cccc(C)c2O)cc1. The number of nitrogens with one attached hydrogen (secondary N) is 1. The number of nitro benzene ring substituents is 2. The van der Waals surface area contributed by atoms with Gasteiger partial charge in [-0.1, -0.05) is 65.2 Å². The first-order valence-electron chi connectivity index (χ1n) is 18.8. The first-order valence-corrected chi connectivity index (χ1v) is 19.5. The van der Waals surface area contributed by atoms with Gasteiger partial charge >= 0.3 is 11.4 Å². The number of methoxy groups -OCH3 is 1. The Hall–Kier alpha value is -6.52. The van der Waals surface area contributed by atoms with Crippen molar-refractivity contribution >= 4 is 75.3 Å². The molecule has 0 aromatic heterocycles. The highest BCUT2D eigenvalue weighted by atomic mass is 35.5. The van der Waals surface area contributed by atoms with Gasteiger partial charge in [0.1, 0.15) is 11.5 Å². The zero-order chi connectivity index (χ0) is 43.1. The Morgan fingerprint density at radius 3 is 2.17 bits per heavy atom. The average Bonchev–Trinajstić information content (AvgIpc) is 3.59. The number of phenols is 1. The predicted molar refractivity (Wildman–Crippen MR) is 220 cm³/mol. The highest BCUT2D eigenvalue weighted by Gasteiger charge is 2.71. The normalized spacial score (nSPS) is 24.4. The Bertz CT molecular complexity index is 2560. The number of nitro groups is 2. The number of phenolic OH excluding ortho intramolecular Hbond substituents is 1. The van der Waals surface area contributed by atoms with E-state index < -0.39 is 79.9 Å². The maximum Gasteiger partial charge on any atom is 0.301 e. The molecule has 0 radical (unpaired) electrons. The number of aryl methyl sites for hydroxylation is 1. The van der Waals surface area contributed by atoms with Gasteiger partial charge in [-0.05, 0) is 67.1 Å². The van der Waals surface area contributed by atoms with Crippen LogP contribution in [0.5, 0.6) is 11.5 Å². The van der Waals surface area contributed by atoms with E-state index in [1.807, 2.05) is 0 Å². The molecule has 4 aromatic rings. The van der Waals surface area contributed by atoms with Crippen LogP contribution in [0.3, 0.4) is 0 Å². The second-order valence-corrected chi connectivity index (χ2v) is 16.3. The molecule has 2 aliphatic heterocycles. The molecule has 4 aromatic carbocycles. The number of benzene rings is 4. The molecular weight excluding hydrogens is 819 g/mol. The summed E-state index contributed by atoms with van der Waals surface area (Å²) >= 11 is 12.7. The number of imide groups is 2. The minimum absolute atomic E-state index is 0.0194. The van der Waals surface area contributed by atoms with E-state index in [2.05, 4.69) is 5.43 Å². The zero-order valence-corrected chi connectivity index (χ0v) is 33.9. The van der Waals surface area contributed by atoms with Gasteiger partial charge in [0.15, 0.2) is 5.69 Å². The van der Waals surface area contributed by atoms with Crippen LogP contribution in [-0.4, -0.2) is 64.8 Å². The molecule has 2 aliphatic carbocycles. The summed E-state index contributed by atoms with van der Waals surface area (Å²) in [7, 11) is 4.28. The fourth-order valence-corrected chi connectivity index (χ4v) is 10.3. The van der Waals surface area contributed by atoms with Crippen molar-refractivity contribution in [3.63, 3.8) is 0 Å². The second kappa shape index (κ2) is 14.6. The molecule has 18 heteroatoms. The summed E-state index contributed by atoms with van der Waals surface area (Å²) in [4.78, 5) is 84.6. The Labute approximate surface area is 352 Å². The first-order chi connectivity index (χ1) is 28.5. The van der Waals surface area contributed by atoms with E-state index in [0.717, 1.165) is 22.0 Å². The lowest BCUT2D eigenvalue weighted by molar-refractivity contribution is -0.392. The number of amides is 4. The van der Waals surface area contributed by atoms with E-state index in [-0.39, 0.29) is 40.7 Å². The van der Waals surface area contributed by atoms with Crippen LogP contribution in [0.4, 0.5) is 28.4 Å². The molecule has 0 bridgehead atoms. The molecule has 2 saturated heterocycles. The molecule has 60 heavy (non-hydrogen) atoms. The van der Waals surface area contributed by atoms with E-state index in [0.29, 0.717) is 33.0 Å². The third-order valence-corrected chi connectivity index (χ3v) is 12.9. The molecule has 4 aliphatic rings. The van der Waals surface area contributed by atoms with Crippen LogP contribution in [0.25, 0.3) is 0 Å². The lowest BCUT2D eigenvalue weighted by Gasteiger charge is -2.50. The molecule has 1 saturated carbocycles. The molecule has 308 valence electrons. The van der Waals surface area contributed by atoms with Crippen LogP contribution in [-0.2, 0) is 24.6 Å². The summed E-state index contributed by atoms with van der Waals surface area (Å²) in [5, 5.41) is 37.7. The lowest BCUT2D eigenvalue weighted by atomic mass is 9.49. The van der Waals surface area contributed by atoms with E-state index >= 15 is 9.59 Å². The summed E-state index contributed by atoms with van der Waals surface area (Å²) < 4.78 is 5.44. The quantitative estimate of drug-likeness (QED) is 0.0750. The number of nitrogens with zero attached hydrogens (tertiary/aromatic N) is 5. The molecule has 0 spiro atoms. The van der Waals surface area contributed by atoms with Crippen molar-refractivity contribution in [3.05, 3.63) is 131 Å². The van der Waals surface area contributed by atoms with Crippen molar-refractivity contribution in [1.29, 1.82) is 0 Å². The number of aromatic hydroxyl groups is 1. The Balaban J connectivity index is 1.32. The van der Waals surface area contributed by atoms with E-state index in [4.69, 9.17) is 27.9 Å². The van der Waals surface area contributed by atoms with Gasteiger partial charge in [-0.25, -0.2) is 4.90 Å². The van der Waals surface area contributed by atoms with E-state index in [1.54, 1.807) is 55.5 Å². The summed E-state index contributed by atoms with van der Waals surface area (Å²) in [6, 6.07) is 18.2. The number of allylic oxidation sites excluding steroid dienone is 2. The maximum absolute atomic E-state index is 15.5. The summed E-state index contributed by atoms with van der Waals surface area (Å²) in [6.45, 7) is 1.69. The molecular formula is C42H36Cl2N6O10. The van der Waals surface area contributed by atoms with Gasteiger partial charge in [0.05, 0.1) is 56.5 Å². The molecule has 6 unspecified atom stereocenters. The van der Waals surface area contributed by atoms with Crippen molar-refractivity contribution in [3.8, 4) is 11.5 Å². The Morgan fingerprint density at radius 1 is 0.900 bits per heavy atom. The number of halogens is 2. The summed E-state index contributed by atoms with van der Waals surface area (Å²) in [5.41, 5.74) is 1.07. The number of ether oxygens (including phenoxy) is 1. The highest BCUT2D eigenvalue weighted by Crippen LogP contribution is 2.65. The topological polar surface area (TPSA) is 206 Å². The van der Waals surface area contributed by atoms with Crippen LogP contribution in [0, 0.1) is 50.8 Å². The number of rotatable bonds is 9. The van der Waals surface area contributed by atoms with E-state index in [1.165, 1.54) is 44.3 Å². The van der Waals surface area contributed by atoms with Gasteiger partial charge in [-0.2, -0.15) is 5.01 Å². The number of hydrazine groups is 1. The lowest BCUT2D eigenvalue weighted by Crippen LogP contribution is -2.53.